The zero-order valence-corrected chi connectivity index (χ0v) is 8.62. The topological polar surface area (TPSA) is 75.4 Å². The van der Waals surface area contributed by atoms with Crippen molar-refractivity contribution < 1.29 is 9.59 Å². The smallest absolute Gasteiger partial charge is 0.236 e. The molecule has 2 amide bonds. The summed E-state index contributed by atoms with van der Waals surface area (Å²) in [5.74, 6) is -0.342. The Morgan fingerprint density at radius 3 is 2.64 bits per heavy atom. The van der Waals surface area contributed by atoms with Crippen molar-refractivity contribution >= 4 is 11.8 Å². The second kappa shape index (κ2) is 4.41. The predicted molar refractivity (Wildman–Crippen MR) is 52.4 cm³/mol. The maximum Gasteiger partial charge on any atom is 0.236 e. The third-order valence-corrected chi connectivity index (χ3v) is 2.32. The first kappa shape index (κ1) is 11.0. The van der Waals surface area contributed by atoms with Crippen LogP contribution in [0.1, 0.15) is 13.8 Å². The molecule has 0 aromatic rings. The largest absolute Gasteiger partial charge is 0.368 e. The Balaban J connectivity index is 2.56. The quantitative estimate of drug-likeness (QED) is 0.594. The highest BCUT2D eigenvalue weighted by Crippen LogP contribution is 2.05. The van der Waals surface area contributed by atoms with Crippen LogP contribution >= 0.6 is 0 Å². The predicted octanol–water partition coefficient (Wildman–Crippen LogP) is -1.07. The first-order valence-electron chi connectivity index (χ1n) is 4.84. The molecule has 1 fully saturated rings. The van der Waals surface area contributed by atoms with E-state index in [1.807, 2.05) is 13.8 Å². The number of hydrogen-bond donors (Lipinski definition) is 2. The Morgan fingerprint density at radius 1 is 1.50 bits per heavy atom. The van der Waals surface area contributed by atoms with E-state index < -0.39 is 11.9 Å². The highest BCUT2D eigenvalue weighted by atomic mass is 16.2. The van der Waals surface area contributed by atoms with Crippen molar-refractivity contribution in [1.29, 1.82) is 0 Å². The number of nitrogens with one attached hydrogen (secondary N) is 1. The average Bonchev–Trinajstić information content (AvgIpc) is 2.16. The average molecular weight is 199 g/mol. The van der Waals surface area contributed by atoms with Gasteiger partial charge in [-0.15, -0.1) is 0 Å². The molecule has 14 heavy (non-hydrogen) atoms. The molecule has 0 saturated carbocycles. The van der Waals surface area contributed by atoms with Crippen molar-refractivity contribution in [1.82, 2.24) is 10.2 Å². The first-order chi connectivity index (χ1) is 6.52. The molecule has 1 atom stereocenters. The number of hydrogen-bond acceptors (Lipinski definition) is 3. The SMILES string of the molecule is CC(C)C(=O)N1CCNC(C(N)=O)C1. The van der Waals surface area contributed by atoms with Gasteiger partial charge in [0.1, 0.15) is 6.04 Å². The second-order valence-corrected chi connectivity index (χ2v) is 3.85. The van der Waals surface area contributed by atoms with Gasteiger partial charge in [-0.25, -0.2) is 0 Å². The summed E-state index contributed by atoms with van der Waals surface area (Å²) in [5.41, 5.74) is 5.17. The Kier molecular flexibility index (Phi) is 3.46. The van der Waals surface area contributed by atoms with Crippen molar-refractivity contribution in [3.05, 3.63) is 0 Å². The van der Waals surface area contributed by atoms with Gasteiger partial charge in [-0.3, -0.25) is 9.59 Å². The molecule has 1 saturated heterocycles. The minimum atomic E-state index is -0.397. The fraction of sp³-hybridized carbons (Fsp3) is 0.778. The summed E-state index contributed by atoms with van der Waals surface area (Å²) in [6, 6.07) is -0.397. The minimum absolute atomic E-state index is 0.0263. The van der Waals surface area contributed by atoms with Crippen molar-refractivity contribution in [3.63, 3.8) is 0 Å². The number of amides is 2. The normalized spacial score (nSPS) is 22.5. The molecule has 5 heteroatoms. The standard InChI is InChI=1S/C9H17N3O2/c1-6(2)9(14)12-4-3-11-7(5-12)8(10)13/h6-7,11H,3-5H2,1-2H3,(H2,10,13). The van der Waals surface area contributed by atoms with Gasteiger partial charge in [0.15, 0.2) is 0 Å². The summed E-state index contributed by atoms with van der Waals surface area (Å²) in [7, 11) is 0. The molecular weight excluding hydrogens is 182 g/mol. The number of primary amides is 1. The number of nitrogens with zero attached hydrogens (tertiary/aromatic N) is 1. The minimum Gasteiger partial charge on any atom is -0.368 e. The Bertz CT molecular complexity index is 240. The highest BCUT2D eigenvalue weighted by Gasteiger charge is 2.27. The van der Waals surface area contributed by atoms with Crippen LogP contribution in [0.4, 0.5) is 0 Å². The summed E-state index contributed by atoms with van der Waals surface area (Å²) < 4.78 is 0. The van der Waals surface area contributed by atoms with Crippen molar-refractivity contribution in [2.45, 2.75) is 19.9 Å². The van der Waals surface area contributed by atoms with Gasteiger partial charge in [0, 0.05) is 25.6 Å². The van der Waals surface area contributed by atoms with Gasteiger partial charge in [-0.1, -0.05) is 13.8 Å². The Morgan fingerprint density at radius 2 is 2.14 bits per heavy atom. The third-order valence-electron chi connectivity index (χ3n) is 2.32. The van der Waals surface area contributed by atoms with Crippen LogP contribution in [-0.4, -0.2) is 42.4 Å². The maximum absolute atomic E-state index is 11.6. The van der Waals surface area contributed by atoms with Crippen LogP contribution in [-0.2, 0) is 9.59 Å². The van der Waals surface area contributed by atoms with Gasteiger partial charge in [0.2, 0.25) is 11.8 Å². The third kappa shape index (κ3) is 2.45. The number of carbonyl (C=O) groups is 2. The summed E-state index contributed by atoms with van der Waals surface area (Å²) in [4.78, 5) is 24.2. The van der Waals surface area contributed by atoms with E-state index in [-0.39, 0.29) is 11.8 Å². The fourth-order valence-corrected chi connectivity index (χ4v) is 1.51. The maximum atomic E-state index is 11.6. The zero-order valence-electron chi connectivity index (χ0n) is 8.62. The second-order valence-electron chi connectivity index (χ2n) is 3.85. The summed E-state index contributed by atoms with van der Waals surface area (Å²) in [6.07, 6.45) is 0. The van der Waals surface area contributed by atoms with E-state index in [1.165, 1.54) is 0 Å². The molecule has 80 valence electrons. The van der Waals surface area contributed by atoms with Crippen LogP contribution in [0.15, 0.2) is 0 Å². The van der Waals surface area contributed by atoms with Crippen LogP contribution in [0.5, 0.6) is 0 Å². The molecule has 5 nitrogen and oxygen atoms in total. The molecule has 1 rings (SSSR count). The molecule has 3 N–H and O–H groups in total. The molecule has 0 aromatic carbocycles. The summed E-state index contributed by atoms with van der Waals surface area (Å²) in [5, 5.41) is 2.97. The van der Waals surface area contributed by atoms with E-state index >= 15 is 0 Å². The van der Waals surface area contributed by atoms with E-state index in [1.54, 1.807) is 4.90 Å². The van der Waals surface area contributed by atoms with Crippen LogP contribution in [0.25, 0.3) is 0 Å². The van der Waals surface area contributed by atoms with Gasteiger partial charge in [-0.05, 0) is 0 Å². The molecule has 0 spiro atoms. The lowest BCUT2D eigenvalue weighted by atomic mass is 10.1. The van der Waals surface area contributed by atoms with E-state index in [0.29, 0.717) is 19.6 Å². The lowest BCUT2D eigenvalue weighted by molar-refractivity contribution is -0.136. The molecule has 1 heterocycles. The van der Waals surface area contributed by atoms with Crippen LogP contribution < -0.4 is 11.1 Å². The molecule has 0 aromatic heterocycles. The van der Waals surface area contributed by atoms with E-state index in [9.17, 15) is 9.59 Å². The van der Waals surface area contributed by atoms with Gasteiger partial charge in [0.25, 0.3) is 0 Å². The highest BCUT2D eigenvalue weighted by molar-refractivity contribution is 5.83. The Hall–Kier alpha value is -1.10. The number of rotatable bonds is 2. The van der Waals surface area contributed by atoms with E-state index in [0.717, 1.165) is 0 Å². The zero-order chi connectivity index (χ0) is 10.7. The van der Waals surface area contributed by atoms with Crippen molar-refractivity contribution in [2.75, 3.05) is 19.6 Å². The molecular formula is C9H17N3O2. The van der Waals surface area contributed by atoms with E-state index in [2.05, 4.69) is 5.32 Å². The number of nitrogens with two attached hydrogens (primary N) is 1. The molecule has 1 aliphatic heterocycles. The Labute approximate surface area is 83.6 Å². The van der Waals surface area contributed by atoms with Gasteiger partial charge >= 0.3 is 0 Å². The first-order valence-corrected chi connectivity index (χ1v) is 4.84. The number of piperazine rings is 1. The fourth-order valence-electron chi connectivity index (χ4n) is 1.51. The van der Waals surface area contributed by atoms with E-state index in [4.69, 9.17) is 5.73 Å². The number of carbonyl (C=O) groups excluding carboxylic acids is 2. The molecule has 0 aliphatic carbocycles. The van der Waals surface area contributed by atoms with Crippen molar-refractivity contribution in [2.24, 2.45) is 11.7 Å². The summed E-state index contributed by atoms with van der Waals surface area (Å²) >= 11 is 0. The lowest BCUT2D eigenvalue weighted by Crippen LogP contribution is -2.58. The van der Waals surface area contributed by atoms with Crippen LogP contribution in [0.2, 0.25) is 0 Å². The lowest BCUT2D eigenvalue weighted by Gasteiger charge is -2.33. The van der Waals surface area contributed by atoms with Crippen LogP contribution in [0.3, 0.4) is 0 Å². The van der Waals surface area contributed by atoms with Crippen molar-refractivity contribution in [3.8, 4) is 0 Å². The van der Waals surface area contributed by atoms with Crippen LogP contribution in [0, 0.1) is 5.92 Å². The molecule has 0 radical (unpaired) electrons. The van der Waals surface area contributed by atoms with Gasteiger partial charge in [-0.2, -0.15) is 0 Å². The molecule has 0 bridgehead atoms. The van der Waals surface area contributed by atoms with Gasteiger partial charge in [0.05, 0.1) is 0 Å². The van der Waals surface area contributed by atoms with Gasteiger partial charge < -0.3 is 16.0 Å². The monoisotopic (exact) mass is 199 g/mol. The summed E-state index contributed by atoms with van der Waals surface area (Å²) in [6.45, 7) is 5.38. The molecule has 1 aliphatic rings. The molecule has 1 unspecified atom stereocenters.